The van der Waals surface area contributed by atoms with E-state index in [0.29, 0.717) is 52.0 Å². The third-order valence-electron chi connectivity index (χ3n) is 10.4. The molecule has 0 radical (unpaired) electrons. The van der Waals surface area contributed by atoms with Gasteiger partial charge in [0.2, 0.25) is 0 Å². The first kappa shape index (κ1) is 30.8. The highest BCUT2D eigenvalue weighted by atomic mass is 19.1. The minimum Gasteiger partial charge on any atom is -0.508 e. The summed E-state index contributed by atoms with van der Waals surface area (Å²) in [7, 11) is 0. The monoisotopic (exact) mass is 627 g/mol. The van der Waals surface area contributed by atoms with Crippen LogP contribution in [-0.4, -0.2) is 63.3 Å². The zero-order valence-corrected chi connectivity index (χ0v) is 26.7. The van der Waals surface area contributed by atoms with Gasteiger partial charge in [0, 0.05) is 31.4 Å². The smallest absolute Gasteiger partial charge is 0.319 e. The van der Waals surface area contributed by atoms with Crippen molar-refractivity contribution >= 4 is 27.5 Å². The third kappa shape index (κ3) is 5.57. The average Bonchev–Trinajstić information content (AvgIpc) is 3.57. The van der Waals surface area contributed by atoms with Crippen molar-refractivity contribution in [1.82, 2.24) is 19.9 Å². The van der Waals surface area contributed by atoms with Crippen LogP contribution >= 0.6 is 0 Å². The number of anilines is 1. The van der Waals surface area contributed by atoms with Gasteiger partial charge in [0.05, 0.1) is 10.9 Å². The SMILES string of the molecule is C=CCC1CN2CCC[C@@]2(COc2nc(N3CCCCCCC3)c3cnc(-c4cc(O)cc5ccc(F)c(CC)c45)c(F)c3n2)C1. The summed E-state index contributed by atoms with van der Waals surface area (Å²) in [5.41, 5.74) is 0.846. The van der Waals surface area contributed by atoms with Crippen LogP contribution in [0, 0.1) is 17.6 Å². The van der Waals surface area contributed by atoms with Crippen molar-refractivity contribution in [2.75, 3.05) is 37.7 Å². The molecular formula is C37H43F2N5O2. The molecule has 9 heteroatoms. The van der Waals surface area contributed by atoms with Gasteiger partial charge in [-0.25, -0.2) is 8.78 Å². The summed E-state index contributed by atoms with van der Waals surface area (Å²) in [6, 6.07) is 6.18. The van der Waals surface area contributed by atoms with E-state index in [1.807, 2.05) is 13.0 Å². The van der Waals surface area contributed by atoms with Gasteiger partial charge < -0.3 is 14.7 Å². The van der Waals surface area contributed by atoms with Gasteiger partial charge in [0.15, 0.2) is 5.82 Å². The lowest BCUT2D eigenvalue weighted by molar-refractivity contribution is 0.107. The Balaban J connectivity index is 1.34. The average molecular weight is 628 g/mol. The third-order valence-corrected chi connectivity index (χ3v) is 10.4. The number of phenolic OH excluding ortho intramolecular Hbond substituents is 1. The second kappa shape index (κ2) is 12.7. The number of allylic oxidation sites excluding steroid dienone is 1. The Morgan fingerprint density at radius 1 is 1.07 bits per heavy atom. The van der Waals surface area contributed by atoms with E-state index in [-0.39, 0.29) is 34.3 Å². The van der Waals surface area contributed by atoms with Crippen LogP contribution in [0.25, 0.3) is 32.9 Å². The fourth-order valence-corrected chi connectivity index (χ4v) is 8.25. The lowest BCUT2D eigenvalue weighted by Crippen LogP contribution is -2.43. The normalized spacial score (nSPS) is 22.2. The van der Waals surface area contributed by atoms with Crippen LogP contribution in [0.15, 0.2) is 43.1 Å². The fraction of sp³-hybridized carbons (Fsp3) is 0.486. The molecule has 1 unspecified atom stereocenters. The molecule has 3 saturated heterocycles. The second-order valence-corrected chi connectivity index (χ2v) is 13.4. The zero-order valence-electron chi connectivity index (χ0n) is 26.7. The lowest BCUT2D eigenvalue weighted by Gasteiger charge is -2.31. The van der Waals surface area contributed by atoms with Gasteiger partial charge >= 0.3 is 6.01 Å². The topological polar surface area (TPSA) is 74.6 Å². The molecular weight excluding hydrogens is 584 g/mol. The summed E-state index contributed by atoms with van der Waals surface area (Å²) in [5, 5.41) is 12.3. The first-order valence-corrected chi connectivity index (χ1v) is 16.9. The molecule has 3 fully saturated rings. The molecule has 46 heavy (non-hydrogen) atoms. The van der Waals surface area contributed by atoms with E-state index in [9.17, 15) is 9.50 Å². The Morgan fingerprint density at radius 2 is 1.87 bits per heavy atom. The maximum Gasteiger partial charge on any atom is 0.319 e. The minimum absolute atomic E-state index is 0.0144. The van der Waals surface area contributed by atoms with Crippen LogP contribution in [0.5, 0.6) is 11.8 Å². The van der Waals surface area contributed by atoms with E-state index >= 15 is 4.39 Å². The second-order valence-electron chi connectivity index (χ2n) is 13.4. The van der Waals surface area contributed by atoms with Crippen molar-refractivity contribution in [3.63, 3.8) is 0 Å². The number of nitrogens with zero attached hydrogens (tertiary/aromatic N) is 5. The van der Waals surface area contributed by atoms with Gasteiger partial charge in [0.25, 0.3) is 0 Å². The number of fused-ring (bicyclic) bond motifs is 3. The molecule has 2 aromatic carbocycles. The Kier molecular flexibility index (Phi) is 8.53. The summed E-state index contributed by atoms with van der Waals surface area (Å²) < 4.78 is 38.3. The highest BCUT2D eigenvalue weighted by molar-refractivity contribution is 6.01. The number of phenols is 1. The van der Waals surface area contributed by atoms with Crippen LogP contribution in [0.2, 0.25) is 0 Å². The summed E-state index contributed by atoms with van der Waals surface area (Å²) in [5.74, 6) is 0.137. The number of pyridine rings is 1. The molecule has 7 nitrogen and oxygen atoms in total. The predicted octanol–water partition coefficient (Wildman–Crippen LogP) is 7.97. The Hall–Kier alpha value is -3.85. The number of aromatic nitrogens is 3. The molecule has 0 amide bonds. The molecule has 4 aromatic rings. The van der Waals surface area contributed by atoms with Crippen LogP contribution in [0.1, 0.15) is 70.3 Å². The highest BCUT2D eigenvalue weighted by Crippen LogP contribution is 2.44. The van der Waals surface area contributed by atoms with Gasteiger partial charge in [-0.2, -0.15) is 9.97 Å². The summed E-state index contributed by atoms with van der Waals surface area (Å²) in [6.07, 6.45) is 13.8. The maximum absolute atomic E-state index is 16.9. The maximum atomic E-state index is 16.9. The summed E-state index contributed by atoms with van der Waals surface area (Å²) in [6.45, 7) is 9.97. The van der Waals surface area contributed by atoms with Crippen LogP contribution in [0.4, 0.5) is 14.6 Å². The molecule has 1 N–H and O–H groups in total. The van der Waals surface area contributed by atoms with E-state index in [2.05, 4.69) is 21.4 Å². The first-order valence-electron chi connectivity index (χ1n) is 16.9. The fourth-order valence-electron chi connectivity index (χ4n) is 8.25. The summed E-state index contributed by atoms with van der Waals surface area (Å²) in [4.78, 5) is 19.0. The van der Waals surface area contributed by atoms with Crippen molar-refractivity contribution in [2.24, 2.45) is 5.92 Å². The Bertz CT molecular complexity index is 1770. The lowest BCUT2D eigenvalue weighted by atomic mass is 9.89. The molecule has 2 aromatic heterocycles. The van der Waals surface area contributed by atoms with E-state index in [1.54, 1.807) is 18.3 Å². The number of hydrogen-bond donors (Lipinski definition) is 1. The van der Waals surface area contributed by atoms with Crippen molar-refractivity contribution < 1.29 is 18.6 Å². The van der Waals surface area contributed by atoms with Gasteiger partial charge in [0.1, 0.15) is 35.2 Å². The molecule has 2 atom stereocenters. The number of halogens is 2. The largest absolute Gasteiger partial charge is 0.508 e. The van der Waals surface area contributed by atoms with Gasteiger partial charge in [-0.05, 0) is 91.9 Å². The number of benzene rings is 2. The molecule has 0 spiro atoms. The standard InChI is InChI=1S/C37H43F2N5O2/c1-3-11-24-20-37(14-10-17-44(37)22-24)23-46-36-41-34-29(35(42-36)43-15-8-6-5-7-9-16-43)21-40-33(32(34)39)28-19-26(45)18-25-12-13-30(38)27(4-2)31(25)28/h3,12-13,18-19,21,24,45H,1,4-11,14-17,20,22-23H2,2H3/t24?,37-/m0/s1. The summed E-state index contributed by atoms with van der Waals surface area (Å²) >= 11 is 0. The van der Waals surface area contributed by atoms with E-state index in [0.717, 1.165) is 77.5 Å². The van der Waals surface area contributed by atoms with Gasteiger partial charge in [-0.3, -0.25) is 9.88 Å². The molecule has 3 aliphatic rings. The quantitative estimate of drug-likeness (QED) is 0.199. The van der Waals surface area contributed by atoms with E-state index in [4.69, 9.17) is 14.7 Å². The molecule has 7 rings (SSSR count). The number of ether oxygens (including phenoxy) is 1. The Morgan fingerprint density at radius 3 is 2.65 bits per heavy atom. The molecule has 0 aliphatic carbocycles. The molecule has 0 saturated carbocycles. The van der Waals surface area contributed by atoms with Crippen molar-refractivity contribution in [3.05, 3.63) is 60.3 Å². The van der Waals surface area contributed by atoms with Gasteiger partial charge in [-0.1, -0.05) is 38.3 Å². The first-order chi connectivity index (χ1) is 22.4. The highest BCUT2D eigenvalue weighted by Gasteiger charge is 2.48. The molecule has 5 heterocycles. The van der Waals surface area contributed by atoms with Crippen LogP contribution < -0.4 is 9.64 Å². The number of aryl methyl sites for hydroxylation is 1. The van der Waals surface area contributed by atoms with E-state index in [1.165, 1.54) is 18.6 Å². The minimum atomic E-state index is -0.635. The van der Waals surface area contributed by atoms with Crippen molar-refractivity contribution in [1.29, 1.82) is 0 Å². The van der Waals surface area contributed by atoms with Crippen LogP contribution in [0.3, 0.4) is 0 Å². The number of rotatable bonds is 8. The van der Waals surface area contributed by atoms with Crippen molar-refractivity contribution in [3.8, 4) is 23.0 Å². The zero-order chi connectivity index (χ0) is 31.8. The molecule has 0 bridgehead atoms. The van der Waals surface area contributed by atoms with Crippen molar-refractivity contribution in [2.45, 2.75) is 76.7 Å². The van der Waals surface area contributed by atoms with Gasteiger partial charge in [-0.15, -0.1) is 6.58 Å². The van der Waals surface area contributed by atoms with E-state index < -0.39 is 5.82 Å². The molecule has 3 aliphatic heterocycles. The molecule has 242 valence electrons. The number of aromatic hydroxyl groups is 1. The Labute approximate surface area is 269 Å². The predicted molar refractivity (Wildman–Crippen MR) is 178 cm³/mol. The van der Waals surface area contributed by atoms with Crippen LogP contribution in [-0.2, 0) is 6.42 Å². The number of hydrogen-bond acceptors (Lipinski definition) is 7.